The fourth-order valence-electron chi connectivity index (χ4n) is 2.45. The molecule has 0 unspecified atom stereocenters. The van der Waals surface area contributed by atoms with Crippen LogP contribution in [0.2, 0.25) is 0 Å². The highest BCUT2D eigenvalue weighted by Gasteiger charge is 2.32. The van der Waals surface area contributed by atoms with E-state index in [1.807, 2.05) is 43.3 Å². The highest BCUT2D eigenvalue weighted by molar-refractivity contribution is 5.97. The molecule has 1 saturated heterocycles. The van der Waals surface area contributed by atoms with Crippen molar-refractivity contribution in [1.82, 2.24) is 15.1 Å². The lowest BCUT2D eigenvalue weighted by Gasteiger charge is -2.20. The van der Waals surface area contributed by atoms with Crippen LogP contribution in [0, 0.1) is 0 Å². The molecule has 0 atom stereocenters. The first kappa shape index (κ1) is 17.1. The zero-order valence-electron chi connectivity index (χ0n) is 13.9. The van der Waals surface area contributed by atoms with Gasteiger partial charge < -0.3 is 19.9 Å². The van der Waals surface area contributed by atoms with Crippen molar-refractivity contribution in [1.29, 1.82) is 0 Å². The van der Waals surface area contributed by atoms with Crippen molar-refractivity contribution in [3.63, 3.8) is 0 Å². The van der Waals surface area contributed by atoms with Crippen LogP contribution < -0.4 is 15.0 Å². The molecule has 0 spiro atoms. The molecule has 2 rings (SSSR count). The number of hydrogen-bond donors (Lipinski definition) is 1. The van der Waals surface area contributed by atoms with Gasteiger partial charge >= 0.3 is 6.03 Å². The summed E-state index contributed by atoms with van der Waals surface area (Å²) in [6.07, 6.45) is 0. The van der Waals surface area contributed by atoms with Gasteiger partial charge in [0.25, 0.3) is 0 Å². The fraction of sp³-hybridized carbons (Fsp3) is 0.500. The number of nitrogens with zero attached hydrogens (tertiary/aromatic N) is 3. The van der Waals surface area contributed by atoms with Crippen molar-refractivity contribution in [3.05, 3.63) is 24.3 Å². The van der Waals surface area contributed by atoms with Crippen molar-refractivity contribution < 1.29 is 14.3 Å². The van der Waals surface area contributed by atoms with Crippen molar-refractivity contribution in [2.45, 2.75) is 0 Å². The van der Waals surface area contributed by atoms with Gasteiger partial charge in [0.15, 0.2) is 0 Å². The maximum absolute atomic E-state index is 12.5. The van der Waals surface area contributed by atoms with E-state index < -0.39 is 0 Å². The highest BCUT2D eigenvalue weighted by atomic mass is 16.5. The van der Waals surface area contributed by atoms with Crippen molar-refractivity contribution >= 4 is 17.6 Å². The molecule has 1 aliphatic heterocycles. The molecule has 0 bridgehead atoms. The van der Waals surface area contributed by atoms with Crippen molar-refractivity contribution in [2.75, 3.05) is 58.8 Å². The van der Waals surface area contributed by atoms with Gasteiger partial charge in [-0.2, -0.15) is 0 Å². The quantitative estimate of drug-likeness (QED) is 0.800. The molecule has 0 aromatic heterocycles. The van der Waals surface area contributed by atoms with Crippen LogP contribution in [0.5, 0.6) is 5.75 Å². The minimum atomic E-state index is -0.169. The maximum Gasteiger partial charge on any atom is 0.325 e. The minimum absolute atomic E-state index is 0.0813. The molecule has 3 amide bonds. The summed E-state index contributed by atoms with van der Waals surface area (Å²) in [5.41, 5.74) is 0.732. The standard InChI is InChI=1S/C16H24N4O3/c1-18(2)9-8-17-15(21)12-19-10-11-20(16(19)22)13-6-4-5-7-14(13)23-3/h4-7H,8-12H2,1-3H3,(H,17,21). The Kier molecular flexibility index (Phi) is 5.81. The van der Waals surface area contributed by atoms with E-state index in [4.69, 9.17) is 4.74 Å². The topological polar surface area (TPSA) is 65.1 Å². The van der Waals surface area contributed by atoms with Gasteiger partial charge in [-0.25, -0.2) is 4.79 Å². The van der Waals surface area contributed by atoms with Gasteiger partial charge in [0.2, 0.25) is 5.91 Å². The number of likely N-dealkylation sites (N-methyl/N-ethyl adjacent to an activating group) is 1. The number of anilines is 1. The van der Waals surface area contributed by atoms with Gasteiger partial charge in [-0.15, -0.1) is 0 Å². The second-order valence-corrected chi connectivity index (χ2v) is 5.68. The Hall–Kier alpha value is -2.28. The molecule has 23 heavy (non-hydrogen) atoms. The number of carbonyl (C=O) groups is 2. The predicted octanol–water partition coefficient (Wildman–Crippen LogP) is 0.615. The number of hydrogen-bond acceptors (Lipinski definition) is 4. The lowest BCUT2D eigenvalue weighted by Crippen LogP contribution is -2.41. The molecule has 0 aliphatic carbocycles. The zero-order valence-corrected chi connectivity index (χ0v) is 13.9. The number of para-hydroxylation sites is 2. The Bertz CT molecular complexity index is 562. The Labute approximate surface area is 136 Å². The summed E-state index contributed by atoms with van der Waals surface area (Å²) in [7, 11) is 5.47. The number of nitrogens with one attached hydrogen (secondary N) is 1. The smallest absolute Gasteiger partial charge is 0.325 e. The van der Waals surface area contributed by atoms with Gasteiger partial charge in [0, 0.05) is 26.2 Å². The lowest BCUT2D eigenvalue weighted by molar-refractivity contribution is -0.121. The van der Waals surface area contributed by atoms with E-state index in [0.29, 0.717) is 25.4 Å². The molecule has 7 nitrogen and oxygen atoms in total. The second kappa shape index (κ2) is 7.82. The van der Waals surface area contributed by atoms with Crippen LogP contribution in [0.4, 0.5) is 10.5 Å². The van der Waals surface area contributed by atoms with Crippen LogP contribution in [0.1, 0.15) is 0 Å². The molecule has 0 radical (unpaired) electrons. The third-order valence-corrected chi connectivity index (χ3v) is 3.69. The molecule has 1 aromatic carbocycles. The summed E-state index contributed by atoms with van der Waals surface area (Å²) >= 11 is 0. The molecule has 0 saturated carbocycles. The van der Waals surface area contributed by atoms with Crippen LogP contribution >= 0.6 is 0 Å². The SMILES string of the molecule is COc1ccccc1N1CCN(CC(=O)NCCN(C)C)C1=O. The molecule has 1 heterocycles. The van der Waals surface area contributed by atoms with Gasteiger partial charge in [0.05, 0.1) is 12.8 Å². The van der Waals surface area contributed by atoms with Crippen LogP contribution in [0.25, 0.3) is 0 Å². The average Bonchev–Trinajstić information content (AvgIpc) is 2.87. The summed E-state index contributed by atoms with van der Waals surface area (Å²) in [4.78, 5) is 29.6. The number of rotatable bonds is 7. The van der Waals surface area contributed by atoms with E-state index >= 15 is 0 Å². The summed E-state index contributed by atoms with van der Waals surface area (Å²) in [6.45, 7) is 2.50. The molecule has 7 heteroatoms. The van der Waals surface area contributed by atoms with Crippen molar-refractivity contribution in [3.8, 4) is 5.75 Å². The van der Waals surface area contributed by atoms with E-state index in [1.54, 1.807) is 16.9 Å². The monoisotopic (exact) mass is 320 g/mol. The van der Waals surface area contributed by atoms with E-state index in [0.717, 1.165) is 12.2 Å². The van der Waals surface area contributed by atoms with Crippen LogP contribution in [0.15, 0.2) is 24.3 Å². The Morgan fingerprint density at radius 1 is 1.30 bits per heavy atom. The fourth-order valence-corrected chi connectivity index (χ4v) is 2.45. The molecule has 1 fully saturated rings. The summed E-state index contributed by atoms with van der Waals surface area (Å²) in [5, 5.41) is 2.82. The summed E-state index contributed by atoms with van der Waals surface area (Å²) in [5.74, 6) is 0.514. The summed E-state index contributed by atoms with van der Waals surface area (Å²) in [6, 6.07) is 7.22. The number of methoxy groups -OCH3 is 1. The van der Waals surface area contributed by atoms with Gasteiger partial charge in [-0.05, 0) is 26.2 Å². The Balaban J connectivity index is 1.92. The molecule has 1 aliphatic rings. The van der Waals surface area contributed by atoms with Gasteiger partial charge in [-0.1, -0.05) is 12.1 Å². The number of benzene rings is 1. The first-order valence-electron chi connectivity index (χ1n) is 7.64. The lowest BCUT2D eigenvalue weighted by atomic mass is 10.2. The molecular weight excluding hydrogens is 296 g/mol. The molecular formula is C16H24N4O3. The van der Waals surface area contributed by atoms with Crippen LogP contribution in [-0.4, -0.2) is 75.7 Å². The second-order valence-electron chi connectivity index (χ2n) is 5.68. The van der Waals surface area contributed by atoms with Gasteiger partial charge in [-0.3, -0.25) is 9.69 Å². The van der Waals surface area contributed by atoms with E-state index in [1.165, 1.54) is 0 Å². The van der Waals surface area contributed by atoms with E-state index in [2.05, 4.69) is 5.32 Å². The third-order valence-electron chi connectivity index (χ3n) is 3.69. The molecule has 126 valence electrons. The predicted molar refractivity (Wildman–Crippen MR) is 88.9 cm³/mol. The molecule has 1 N–H and O–H groups in total. The van der Waals surface area contributed by atoms with Crippen LogP contribution in [-0.2, 0) is 4.79 Å². The van der Waals surface area contributed by atoms with E-state index in [9.17, 15) is 9.59 Å². The number of ether oxygens (including phenoxy) is 1. The first-order chi connectivity index (χ1) is 11.0. The van der Waals surface area contributed by atoms with E-state index in [-0.39, 0.29) is 18.5 Å². The average molecular weight is 320 g/mol. The Morgan fingerprint density at radius 3 is 2.74 bits per heavy atom. The maximum atomic E-state index is 12.5. The number of urea groups is 1. The molecule has 1 aromatic rings. The largest absolute Gasteiger partial charge is 0.495 e. The zero-order chi connectivity index (χ0) is 16.8. The summed E-state index contributed by atoms with van der Waals surface area (Å²) < 4.78 is 5.30. The normalized spacial score (nSPS) is 14.5. The number of amides is 3. The Morgan fingerprint density at radius 2 is 2.04 bits per heavy atom. The number of carbonyl (C=O) groups excluding carboxylic acids is 2. The minimum Gasteiger partial charge on any atom is -0.495 e. The van der Waals surface area contributed by atoms with Crippen molar-refractivity contribution in [2.24, 2.45) is 0 Å². The first-order valence-corrected chi connectivity index (χ1v) is 7.64. The van der Waals surface area contributed by atoms with Gasteiger partial charge in [0.1, 0.15) is 12.3 Å². The third kappa shape index (κ3) is 4.35. The highest BCUT2D eigenvalue weighted by Crippen LogP contribution is 2.30. The van der Waals surface area contributed by atoms with Crippen LogP contribution in [0.3, 0.4) is 0 Å².